The lowest BCUT2D eigenvalue weighted by Gasteiger charge is -2.07. The minimum atomic E-state index is -0.509. The predicted octanol–water partition coefficient (Wildman–Crippen LogP) is 17.7. The maximum Gasteiger partial charge on any atom is 0.336 e. The van der Waals surface area contributed by atoms with E-state index >= 15 is 0 Å². The summed E-state index contributed by atoms with van der Waals surface area (Å²) in [5.74, 6) is 1.33. The molecule has 5 nitrogen and oxygen atoms in total. The van der Waals surface area contributed by atoms with Gasteiger partial charge in [0.2, 0.25) is 0 Å². The van der Waals surface area contributed by atoms with Gasteiger partial charge in [-0.05, 0) is 72.5 Å². The number of rotatable bonds is 40. The number of unbranched alkanes of at least 4 members (excludes halogenated alkanes) is 28. The van der Waals surface area contributed by atoms with E-state index in [1.165, 1.54) is 186 Å². The number of carbonyl (C=O) groups is 2. The van der Waals surface area contributed by atoms with Gasteiger partial charge >= 0.3 is 5.97 Å². The third-order valence-corrected chi connectivity index (χ3v) is 12.0. The van der Waals surface area contributed by atoms with E-state index in [9.17, 15) is 9.59 Å². The summed E-state index contributed by atoms with van der Waals surface area (Å²) < 4.78 is 17.4. The van der Waals surface area contributed by atoms with Crippen LogP contribution in [0, 0.1) is 0 Å². The summed E-state index contributed by atoms with van der Waals surface area (Å²) >= 11 is 0. The van der Waals surface area contributed by atoms with Crippen LogP contribution < -0.4 is 14.2 Å². The lowest BCUT2D eigenvalue weighted by molar-refractivity contribution is -0.128. The van der Waals surface area contributed by atoms with Crippen molar-refractivity contribution in [3.8, 4) is 17.2 Å². The summed E-state index contributed by atoms with van der Waals surface area (Å²) in [6.07, 6.45) is 47.0. The van der Waals surface area contributed by atoms with Crippen molar-refractivity contribution < 1.29 is 23.8 Å². The molecule has 0 bridgehead atoms. The molecule has 0 spiro atoms. The van der Waals surface area contributed by atoms with E-state index in [2.05, 4.69) is 13.8 Å². The van der Waals surface area contributed by atoms with Crippen molar-refractivity contribution in [1.82, 2.24) is 0 Å². The smallest absolute Gasteiger partial charge is 0.336 e. The molecule has 0 saturated heterocycles. The van der Waals surface area contributed by atoms with Gasteiger partial charge < -0.3 is 14.2 Å². The Morgan fingerprint density at radius 2 is 0.746 bits per heavy atom. The first kappa shape index (κ1) is 53.2. The minimum absolute atomic E-state index is 0.168. The van der Waals surface area contributed by atoms with E-state index in [4.69, 9.17) is 14.2 Å². The van der Waals surface area contributed by atoms with Crippen LogP contribution in [-0.4, -0.2) is 25.0 Å². The van der Waals surface area contributed by atoms with Crippen molar-refractivity contribution in [2.24, 2.45) is 0 Å². The predicted molar refractivity (Wildman–Crippen MR) is 268 cm³/mol. The molecule has 0 atom stereocenters. The van der Waals surface area contributed by atoms with Gasteiger partial charge in [-0.3, -0.25) is 4.79 Å². The Morgan fingerprint density at radius 1 is 0.397 bits per heavy atom. The number of ether oxygens (including phenoxy) is 3. The van der Waals surface area contributed by atoms with Crippen LogP contribution in [0.5, 0.6) is 17.2 Å². The van der Waals surface area contributed by atoms with Crippen LogP contribution >= 0.6 is 0 Å². The maximum absolute atomic E-state index is 13.0. The Balaban J connectivity index is 1.21. The second-order valence-electron chi connectivity index (χ2n) is 17.7. The Kier molecular flexibility index (Phi) is 31.5. The quantitative estimate of drug-likeness (QED) is 0.0187. The molecule has 0 aliphatic rings. The molecule has 0 N–H and O–H groups in total. The molecule has 3 rings (SSSR count). The first-order valence-corrected chi connectivity index (χ1v) is 25.8. The van der Waals surface area contributed by atoms with Gasteiger partial charge in [0, 0.05) is 11.6 Å². The summed E-state index contributed by atoms with van der Waals surface area (Å²) in [6.45, 7) is 6.01. The van der Waals surface area contributed by atoms with Crippen LogP contribution in [0.4, 0.5) is 0 Å². The SMILES string of the molecule is CCCCCCCCCCCCCCCCCCOc1ccc(/C=C/C(=O)Oc2cccc(C(=O)/C=C/c3ccc(OCCCCCCCCCCCCCCCC)cc3)c2)cc1. The lowest BCUT2D eigenvalue weighted by Crippen LogP contribution is -2.04. The molecule has 0 fully saturated rings. The van der Waals surface area contributed by atoms with Crippen molar-refractivity contribution in [2.75, 3.05) is 13.2 Å². The summed E-state index contributed by atoms with van der Waals surface area (Å²) in [5.41, 5.74) is 2.24. The molecular formula is C58H86O5. The van der Waals surface area contributed by atoms with Crippen molar-refractivity contribution in [3.05, 3.63) is 102 Å². The van der Waals surface area contributed by atoms with Crippen LogP contribution in [0.15, 0.2) is 84.9 Å². The van der Waals surface area contributed by atoms with Gasteiger partial charge in [-0.25, -0.2) is 4.79 Å². The molecule has 0 amide bonds. The Bertz CT molecular complexity index is 1620. The van der Waals surface area contributed by atoms with E-state index in [0.29, 0.717) is 11.3 Å². The minimum Gasteiger partial charge on any atom is -0.494 e. The maximum atomic E-state index is 13.0. The monoisotopic (exact) mass is 863 g/mol. The van der Waals surface area contributed by atoms with E-state index in [-0.39, 0.29) is 5.78 Å². The van der Waals surface area contributed by atoms with E-state index in [1.54, 1.807) is 42.5 Å². The second-order valence-corrected chi connectivity index (χ2v) is 17.7. The molecule has 0 saturated carbocycles. The highest BCUT2D eigenvalue weighted by molar-refractivity contribution is 6.07. The fourth-order valence-corrected chi connectivity index (χ4v) is 7.97. The third-order valence-electron chi connectivity index (χ3n) is 12.0. The van der Waals surface area contributed by atoms with Gasteiger partial charge in [0.15, 0.2) is 5.78 Å². The van der Waals surface area contributed by atoms with Gasteiger partial charge in [0.1, 0.15) is 17.2 Å². The molecule has 348 valence electrons. The molecule has 0 unspecified atom stereocenters. The number of allylic oxidation sites excluding steroid dienone is 1. The van der Waals surface area contributed by atoms with Crippen LogP contribution in [0.1, 0.15) is 228 Å². The van der Waals surface area contributed by atoms with E-state index in [1.807, 2.05) is 48.5 Å². The summed E-state index contributed by atoms with van der Waals surface area (Å²) in [5, 5.41) is 0. The van der Waals surface area contributed by atoms with Gasteiger partial charge in [-0.2, -0.15) is 0 Å². The fraction of sp³-hybridized carbons (Fsp3) is 0.586. The Hall–Kier alpha value is -4.12. The third kappa shape index (κ3) is 28.3. The topological polar surface area (TPSA) is 61.8 Å². The van der Waals surface area contributed by atoms with Gasteiger partial charge in [0.25, 0.3) is 0 Å². The molecule has 3 aromatic rings. The molecule has 0 aromatic heterocycles. The van der Waals surface area contributed by atoms with Gasteiger partial charge in [-0.15, -0.1) is 0 Å². The zero-order valence-corrected chi connectivity index (χ0v) is 39.9. The number of hydrogen-bond donors (Lipinski definition) is 0. The molecule has 0 aliphatic carbocycles. The number of ketones is 1. The van der Waals surface area contributed by atoms with Gasteiger partial charge in [-0.1, -0.05) is 236 Å². The highest BCUT2D eigenvalue weighted by atomic mass is 16.5. The standard InChI is InChI=1S/C58H86O5/c1-3-5-7-9-11-13-15-17-19-20-22-24-26-28-30-32-49-62-55-44-38-52(39-45-55)41-47-58(60)63-56-35-33-34-53(50-56)57(59)46-40-51-36-42-54(43-37-51)61-48-31-29-27-25-23-21-18-16-14-12-10-8-6-4-2/h33-47,50H,3-32,48-49H2,1-2H3/b46-40+,47-41+. The van der Waals surface area contributed by atoms with Crippen molar-refractivity contribution >= 4 is 23.9 Å². The molecule has 0 heterocycles. The summed E-state index contributed by atoms with van der Waals surface area (Å²) in [6, 6.07) is 22.3. The van der Waals surface area contributed by atoms with E-state index in [0.717, 1.165) is 48.7 Å². The number of carbonyl (C=O) groups excluding carboxylic acids is 2. The normalized spacial score (nSPS) is 11.5. The summed E-state index contributed by atoms with van der Waals surface area (Å²) in [4.78, 5) is 25.6. The summed E-state index contributed by atoms with van der Waals surface area (Å²) in [7, 11) is 0. The van der Waals surface area contributed by atoms with Crippen molar-refractivity contribution in [2.45, 2.75) is 206 Å². The first-order chi connectivity index (χ1) is 31.1. The largest absolute Gasteiger partial charge is 0.494 e. The zero-order chi connectivity index (χ0) is 44.7. The highest BCUT2D eigenvalue weighted by Crippen LogP contribution is 2.20. The number of benzene rings is 3. The van der Waals surface area contributed by atoms with Crippen LogP contribution in [-0.2, 0) is 4.79 Å². The molecule has 5 heteroatoms. The Morgan fingerprint density at radius 3 is 1.13 bits per heavy atom. The van der Waals surface area contributed by atoms with Crippen molar-refractivity contribution in [3.63, 3.8) is 0 Å². The Labute approximate surface area is 384 Å². The molecule has 0 aliphatic heterocycles. The average molecular weight is 863 g/mol. The van der Waals surface area contributed by atoms with Crippen LogP contribution in [0.2, 0.25) is 0 Å². The number of esters is 1. The number of hydrogen-bond acceptors (Lipinski definition) is 5. The molecule has 0 radical (unpaired) electrons. The highest BCUT2D eigenvalue weighted by Gasteiger charge is 2.07. The molecule has 63 heavy (non-hydrogen) atoms. The molecule has 3 aromatic carbocycles. The van der Waals surface area contributed by atoms with Gasteiger partial charge in [0.05, 0.1) is 13.2 Å². The van der Waals surface area contributed by atoms with Crippen LogP contribution in [0.3, 0.4) is 0 Å². The van der Waals surface area contributed by atoms with Crippen LogP contribution in [0.25, 0.3) is 12.2 Å². The van der Waals surface area contributed by atoms with E-state index < -0.39 is 5.97 Å². The zero-order valence-electron chi connectivity index (χ0n) is 39.9. The lowest BCUT2D eigenvalue weighted by atomic mass is 10.0. The fourth-order valence-electron chi connectivity index (χ4n) is 7.97. The second kappa shape index (κ2) is 37.3. The van der Waals surface area contributed by atoms with Crippen molar-refractivity contribution in [1.29, 1.82) is 0 Å². The average Bonchev–Trinajstić information content (AvgIpc) is 3.30. The molecular weight excluding hydrogens is 777 g/mol. The first-order valence-electron chi connectivity index (χ1n) is 25.8.